The quantitative estimate of drug-likeness (QED) is 0.563. The molecule has 0 heterocycles. The van der Waals surface area contributed by atoms with Crippen LogP contribution in [0.25, 0.3) is 0 Å². The van der Waals surface area contributed by atoms with Crippen molar-refractivity contribution in [2.24, 2.45) is 11.5 Å². The summed E-state index contributed by atoms with van der Waals surface area (Å²) < 4.78 is 4.94. The third-order valence-corrected chi connectivity index (χ3v) is 1.34. The maximum Gasteiger partial charge on any atom is 0.254 e. The van der Waals surface area contributed by atoms with Crippen LogP contribution in [0.4, 0.5) is 0 Å². The van der Waals surface area contributed by atoms with E-state index >= 15 is 0 Å². The van der Waals surface area contributed by atoms with E-state index < -0.39 is 5.17 Å². The largest absolute Gasteiger partial charge is 0.487 e. The molecule has 0 aliphatic heterocycles. The second-order valence-corrected chi connectivity index (χ2v) is 3.25. The molecule has 0 aromatic heterocycles. The van der Waals surface area contributed by atoms with E-state index in [2.05, 4.69) is 30.2 Å². The van der Waals surface area contributed by atoms with Gasteiger partial charge in [0.25, 0.3) is 10.3 Å². The SMILES string of the molecule is NC(=S)OCc1ccccc1.NC(O)=S.[Zn]. The third kappa shape index (κ3) is 13.2. The van der Waals surface area contributed by atoms with Crippen molar-refractivity contribution in [3.63, 3.8) is 0 Å². The molecule has 0 spiro atoms. The normalized spacial score (nSPS) is 7.75. The topological polar surface area (TPSA) is 81.5 Å². The van der Waals surface area contributed by atoms with E-state index in [-0.39, 0.29) is 24.7 Å². The van der Waals surface area contributed by atoms with Gasteiger partial charge >= 0.3 is 0 Å². The summed E-state index contributed by atoms with van der Waals surface area (Å²) in [7, 11) is 0. The van der Waals surface area contributed by atoms with Gasteiger partial charge in [0, 0.05) is 19.5 Å². The molecule has 0 atom stereocenters. The Labute approximate surface area is 118 Å². The van der Waals surface area contributed by atoms with Gasteiger partial charge in [-0.1, -0.05) is 30.3 Å². The van der Waals surface area contributed by atoms with Gasteiger partial charge in [-0.25, -0.2) is 0 Å². The summed E-state index contributed by atoms with van der Waals surface area (Å²) in [5, 5.41) is 7.16. The Hall–Kier alpha value is -0.777. The molecule has 1 rings (SSSR count). The molecule has 16 heavy (non-hydrogen) atoms. The number of hydrogen-bond donors (Lipinski definition) is 3. The zero-order chi connectivity index (χ0) is 11.7. The Morgan fingerprint density at radius 3 is 2.00 bits per heavy atom. The number of thiocarbonyl (C=S) groups is 2. The Balaban J connectivity index is 0. The number of ether oxygens (including phenoxy) is 1. The molecule has 0 saturated heterocycles. The second-order valence-electron chi connectivity index (χ2n) is 2.43. The van der Waals surface area contributed by atoms with E-state index in [1.54, 1.807) is 0 Å². The Morgan fingerprint density at radius 1 is 1.19 bits per heavy atom. The molecule has 0 amide bonds. The van der Waals surface area contributed by atoms with E-state index in [4.69, 9.17) is 15.6 Å². The van der Waals surface area contributed by atoms with Crippen molar-refractivity contribution in [3.05, 3.63) is 35.9 Å². The molecule has 0 saturated carbocycles. The predicted octanol–water partition coefficient (Wildman–Crippen LogP) is 1.23. The predicted molar refractivity (Wildman–Crippen MR) is 67.4 cm³/mol. The van der Waals surface area contributed by atoms with Crippen molar-refractivity contribution >= 4 is 34.8 Å². The number of benzene rings is 1. The van der Waals surface area contributed by atoms with Gasteiger partial charge < -0.3 is 21.3 Å². The molecule has 1 aromatic rings. The molecule has 0 aliphatic rings. The number of aliphatic hydroxyl groups is 1. The number of hydrogen-bond acceptors (Lipinski definition) is 3. The van der Waals surface area contributed by atoms with Crippen LogP contribution >= 0.6 is 24.4 Å². The molecule has 7 heteroatoms. The minimum atomic E-state index is -0.500. The molecule has 0 unspecified atom stereocenters. The Bertz CT molecular complexity index is 319. The summed E-state index contributed by atoms with van der Waals surface area (Å²) in [6.07, 6.45) is 0. The fourth-order valence-electron chi connectivity index (χ4n) is 0.729. The van der Waals surface area contributed by atoms with Crippen LogP contribution in [-0.4, -0.2) is 15.5 Å². The summed E-state index contributed by atoms with van der Waals surface area (Å²) in [5.41, 5.74) is 10.6. The molecule has 0 fully saturated rings. The molecular formula is C9H12N2O2S2Zn. The van der Waals surface area contributed by atoms with Gasteiger partial charge in [-0.2, -0.15) is 0 Å². The molecule has 0 bridgehead atoms. The van der Waals surface area contributed by atoms with Crippen LogP contribution in [0.15, 0.2) is 30.3 Å². The third-order valence-electron chi connectivity index (χ3n) is 1.22. The second kappa shape index (κ2) is 10.7. The van der Waals surface area contributed by atoms with Crippen LogP contribution in [0.1, 0.15) is 5.56 Å². The standard InChI is InChI=1S/C8H9NOS.CH3NOS.Zn/c9-8(11)10-6-7-4-2-1-3-5-7;2-1(3)4;/h1-5H,6H2,(H2,9,11);(H3,2,3,4);. The zero-order valence-corrected chi connectivity index (χ0v) is 13.2. The summed E-state index contributed by atoms with van der Waals surface area (Å²) in [5.74, 6) is 0. The van der Waals surface area contributed by atoms with Crippen molar-refractivity contribution in [1.82, 2.24) is 0 Å². The van der Waals surface area contributed by atoms with Gasteiger partial charge in [0.1, 0.15) is 6.61 Å². The molecular weight excluding hydrogens is 298 g/mol. The van der Waals surface area contributed by atoms with Crippen molar-refractivity contribution in [2.45, 2.75) is 6.61 Å². The van der Waals surface area contributed by atoms with Crippen LogP contribution in [0, 0.1) is 0 Å². The average Bonchev–Trinajstić information content (AvgIpc) is 2.15. The first kappa shape index (κ1) is 17.6. The van der Waals surface area contributed by atoms with Crippen LogP contribution < -0.4 is 11.5 Å². The zero-order valence-electron chi connectivity index (χ0n) is 8.63. The van der Waals surface area contributed by atoms with E-state index in [0.29, 0.717) is 6.61 Å². The molecule has 0 aliphatic carbocycles. The maximum absolute atomic E-state index is 7.56. The maximum atomic E-state index is 7.56. The molecule has 4 nitrogen and oxygen atoms in total. The minimum absolute atomic E-state index is 0. The van der Waals surface area contributed by atoms with Gasteiger partial charge in [0.2, 0.25) is 0 Å². The summed E-state index contributed by atoms with van der Waals surface area (Å²) in [6, 6.07) is 9.75. The van der Waals surface area contributed by atoms with Crippen molar-refractivity contribution in [3.8, 4) is 0 Å². The minimum Gasteiger partial charge on any atom is -0.487 e. The average molecular weight is 310 g/mol. The molecule has 0 radical (unpaired) electrons. The smallest absolute Gasteiger partial charge is 0.254 e. The number of nitrogens with two attached hydrogens (primary N) is 2. The summed E-state index contributed by atoms with van der Waals surface area (Å²) in [6.45, 7) is 0.455. The first-order chi connectivity index (χ1) is 7.02. The molecule has 84 valence electrons. The van der Waals surface area contributed by atoms with Gasteiger partial charge in [-0.3, -0.25) is 0 Å². The van der Waals surface area contributed by atoms with E-state index in [0.717, 1.165) is 5.56 Å². The van der Waals surface area contributed by atoms with Crippen molar-refractivity contribution < 1.29 is 29.3 Å². The van der Waals surface area contributed by atoms with Gasteiger partial charge in [-0.05, 0) is 30.0 Å². The first-order valence-electron chi connectivity index (χ1n) is 3.97. The van der Waals surface area contributed by atoms with Crippen LogP contribution in [0.2, 0.25) is 0 Å². The fourth-order valence-corrected chi connectivity index (χ4v) is 0.788. The van der Waals surface area contributed by atoms with Gasteiger partial charge in [0.15, 0.2) is 0 Å². The number of aliphatic hydroxyl groups excluding tert-OH is 1. The van der Waals surface area contributed by atoms with Crippen LogP contribution in [0.5, 0.6) is 0 Å². The summed E-state index contributed by atoms with van der Waals surface area (Å²) >= 11 is 8.42. The van der Waals surface area contributed by atoms with E-state index in [1.807, 2.05) is 30.3 Å². The molecule has 5 N–H and O–H groups in total. The Kier molecular flexibility index (Phi) is 11.8. The van der Waals surface area contributed by atoms with Gasteiger partial charge in [0.05, 0.1) is 0 Å². The van der Waals surface area contributed by atoms with Crippen LogP contribution in [-0.2, 0) is 30.8 Å². The van der Waals surface area contributed by atoms with Crippen molar-refractivity contribution in [2.75, 3.05) is 0 Å². The monoisotopic (exact) mass is 308 g/mol. The Morgan fingerprint density at radius 2 is 1.62 bits per heavy atom. The summed E-state index contributed by atoms with van der Waals surface area (Å²) in [4.78, 5) is 0. The van der Waals surface area contributed by atoms with E-state index in [9.17, 15) is 0 Å². The fraction of sp³-hybridized carbons (Fsp3) is 0.111. The van der Waals surface area contributed by atoms with E-state index in [1.165, 1.54) is 0 Å². The van der Waals surface area contributed by atoms with Crippen LogP contribution in [0.3, 0.4) is 0 Å². The number of rotatable bonds is 2. The first-order valence-corrected chi connectivity index (χ1v) is 4.78. The molecule has 1 aromatic carbocycles. The van der Waals surface area contributed by atoms with Crippen molar-refractivity contribution in [1.29, 1.82) is 0 Å². The van der Waals surface area contributed by atoms with Gasteiger partial charge in [-0.15, -0.1) is 0 Å².